The number of rotatable bonds is 18. The topological polar surface area (TPSA) is 135 Å². The predicted molar refractivity (Wildman–Crippen MR) is 185 cm³/mol. The van der Waals surface area contributed by atoms with Crippen LogP contribution >= 0.6 is 0 Å². The van der Waals surface area contributed by atoms with Crippen LogP contribution in [0.25, 0.3) is 10.9 Å². The van der Waals surface area contributed by atoms with Crippen molar-refractivity contribution >= 4 is 10.9 Å². The van der Waals surface area contributed by atoms with Gasteiger partial charge in [-0.1, -0.05) is 87.8 Å². The van der Waals surface area contributed by atoms with E-state index in [1.54, 1.807) is 18.3 Å². The maximum Gasteiger partial charge on any atom is 0.248 e. The second kappa shape index (κ2) is 17.1. The Morgan fingerprint density at radius 2 is 1.70 bits per heavy atom. The monoisotopic (exact) mass is 644 g/mol. The van der Waals surface area contributed by atoms with Crippen molar-refractivity contribution in [3.63, 3.8) is 0 Å². The van der Waals surface area contributed by atoms with Crippen LogP contribution in [0.15, 0.2) is 70.0 Å². The van der Waals surface area contributed by atoms with Gasteiger partial charge in [0.1, 0.15) is 11.5 Å². The molecule has 0 aliphatic heterocycles. The number of fused-ring (bicyclic) bond motifs is 1. The highest BCUT2D eigenvalue weighted by Gasteiger charge is 2.44. The van der Waals surface area contributed by atoms with E-state index in [0.29, 0.717) is 35.4 Å². The van der Waals surface area contributed by atoms with Crippen molar-refractivity contribution < 1.29 is 19.7 Å². The van der Waals surface area contributed by atoms with Crippen LogP contribution in [-0.2, 0) is 12.1 Å². The van der Waals surface area contributed by atoms with E-state index >= 15 is 0 Å². The molecule has 254 valence electrons. The Balaban J connectivity index is 0.947. The van der Waals surface area contributed by atoms with E-state index in [4.69, 9.17) is 4.42 Å². The SMILES string of the molecule is CN(CCCCCCCCCNC[C@H](O)c1ccc(O)c2[nH]c(=O)ccc12)Cc1cnc(C(O)(c2ccccc2)C2CCCCC2)o1. The summed E-state index contributed by atoms with van der Waals surface area (Å²) in [4.78, 5) is 21.1. The average molecular weight is 645 g/mol. The van der Waals surface area contributed by atoms with Gasteiger partial charge in [-0.15, -0.1) is 0 Å². The smallest absolute Gasteiger partial charge is 0.248 e. The molecule has 9 nitrogen and oxygen atoms in total. The number of hydrogen-bond acceptors (Lipinski definition) is 8. The zero-order valence-electron chi connectivity index (χ0n) is 27.8. The lowest BCUT2D eigenvalue weighted by Crippen LogP contribution is -2.38. The average Bonchev–Trinajstić information content (AvgIpc) is 3.56. The summed E-state index contributed by atoms with van der Waals surface area (Å²) >= 11 is 0. The lowest BCUT2D eigenvalue weighted by atomic mass is 9.73. The number of aliphatic hydroxyl groups is 2. The van der Waals surface area contributed by atoms with Crippen LogP contribution < -0.4 is 10.9 Å². The first-order valence-corrected chi connectivity index (χ1v) is 17.5. The third kappa shape index (κ3) is 9.11. The number of hydrogen-bond donors (Lipinski definition) is 5. The molecule has 2 heterocycles. The van der Waals surface area contributed by atoms with E-state index in [1.165, 1.54) is 44.2 Å². The van der Waals surface area contributed by atoms with Gasteiger partial charge in [0.05, 0.1) is 24.4 Å². The van der Waals surface area contributed by atoms with Gasteiger partial charge in [0, 0.05) is 23.9 Å². The van der Waals surface area contributed by atoms with Gasteiger partial charge < -0.3 is 30.0 Å². The minimum Gasteiger partial charge on any atom is -0.506 e. The molecule has 1 aliphatic carbocycles. The molecule has 2 atom stereocenters. The zero-order valence-corrected chi connectivity index (χ0v) is 27.8. The van der Waals surface area contributed by atoms with Gasteiger partial charge in [0.15, 0.2) is 5.60 Å². The van der Waals surface area contributed by atoms with Crippen LogP contribution in [-0.4, -0.2) is 56.9 Å². The van der Waals surface area contributed by atoms with Gasteiger partial charge in [0.2, 0.25) is 11.4 Å². The number of phenolic OH excluding ortho intramolecular Hbond substituents is 1. The number of oxazole rings is 1. The molecule has 1 unspecified atom stereocenters. The number of H-pyrrole nitrogens is 1. The number of nitrogens with one attached hydrogen (secondary N) is 2. The summed E-state index contributed by atoms with van der Waals surface area (Å²) in [6, 6.07) is 16.2. The van der Waals surface area contributed by atoms with Crippen LogP contribution in [0, 0.1) is 5.92 Å². The van der Waals surface area contributed by atoms with Crippen molar-refractivity contribution in [3.8, 4) is 5.75 Å². The minimum atomic E-state index is -1.19. The molecule has 0 amide bonds. The molecule has 5 rings (SSSR count). The number of phenols is 1. The van der Waals surface area contributed by atoms with E-state index in [0.717, 1.165) is 69.4 Å². The Morgan fingerprint density at radius 1 is 0.979 bits per heavy atom. The molecule has 1 saturated carbocycles. The summed E-state index contributed by atoms with van der Waals surface area (Å²) in [5, 5.41) is 36.8. The Hall–Kier alpha value is -3.50. The number of aromatic nitrogens is 2. The molecular formula is C38H52N4O5. The summed E-state index contributed by atoms with van der Waals surface area (Å²) in [7, 11) is 2.11. The fourth-order valence-corrected chi connectivity index (χ4v) is 7.06. The second-order valence-corrected chi connectivity index (χ2v) is 13.3. The summed E-state index contributed by atoms with van der Waals surface area (Å²) in [5.74, 6) is 1.33. The first kappa shape index (κ1) is 34.8. The number of aliphatic hydroxyl groups excluding tert-OH is 1. The van der Waals surface area contributed by atoms with Crippen molar-refractivity contribution in [2.45, 2.75) is 95.3 Å². The van der Waals surface area contributed by atoms with Crippen LogP contribution in [0.2, 0.25) is 0 Å². The van der Waals surface area contributed by atoms with Gasteiger partial charge in [-0.05, 0) is 69.1 Å². The van der Waals surface area contributed by atoms with Crippen molar-refractivity contribution in [1.29, 1.82) is 0 Å². The van der Waals surface area contributed by atoms with Crippen LogP contribution in [0.5, 0.6) is 5.75 Å². The highest BCUT2D eigenvalue weighted by atomic mass is 16.4. The first-order valence-electron chi connectivity index (χ1n) is 17.5. The molecule has 0 radical (unpaired) electrons. The van der Waals surface area contributed by atoms with Crippen LogP contribution in [0.3, 0.4) is 0 Å². The van der Waals surface area contributed by atoms with Gasteiger partial charge in [-0.2, -0.15) is 0 Å². The Morgan fingerprint density at radius 3 is 2.47 bits per heavy atom. The molecular weight excluding hydrogens is 592 g/mol. The van der Waals surface area contributed by atoms with E-state index < -0.39 is 11.7 Å². The molecule has 1 aliphatic rings. The van der Waals surface area contributed by atoms with E-state index in [9.17, 15) is 20.1 Å². The van der Waals surface area contributed by atoms with Crippen molar-refractivity contribution in [2.24, 2.45) is 5.92 Å². The number of unbranched alkanes of at least 4 members (excludes halogenated alkanes) is 6. The molecule has 1 fully saturated rings. The number of nitrogens with zero attached hydrogens (tertiary/aromatic N) is 2. The lowest BCUT2D eigenvalue weighted by molar-refractivity contribution is -0.0242. The maximum atomic E-state index is 12.0. The molecule has 47 heavy (non-hydrogen) atoms. The zero-order chi connectivity index (χ0) is 33.1. The molecule has 0 bridgehead atoms. The second-order valence-electron chi connectivity index (χ2n) is 13.3. The summed E-state index contributed by atoms with van der Waals surface area (Å²) in [5.41, 5.74) is 0.422. The largest absolute Gasteiger partial charge is 0.506 e. The van der Waals surface area contributed by atoms with Gasteiger partial charge in [0.25, 0.3) is 0 Å². The third-order valence-corrected chi connectivity index (χ3v) is 9.71. The highest BCUT2D eigenvalue weighted by Crippen LogP contribution is 2.43. The normalized spacial score (nSPS) is 16.1. The Labute approximate surface area is 278 Å². The number of pyridine rings is 1. The molecule has 2 aromatic carbocycles. The summed E-state index contributed by atoms with van der Waals surface area (Å²) < 4.78 is 6.24. The van der Waals surface area contributed by atoms with Crippen molar-refractivity contribution in [2.75, 3.05) is 26.7 Å². The van der Waals surface area contributed by atoms with E-state index in [1.807, 2.05) is 30.3 Å². The van der Waals surface area contributed by atoms with Crippen molar-refractivity contribution in [1.82, 2.24) is 20.2 Å². The number of aromatic hydroxyl groups is 1. The highest BCUT2D eigenvalue weighted by molar-refractivity contribution is 5.87. The van der Waals surface area contributed by atoms with Crippen LogP contribution in [0.1, 0.15) is 106 Å². The lowest BCUT2D eigenvalue weighted by Gasteiger charge is -2.36. The molecule has 2 aromatic heterocycles. The fourth-order valence-electron chi connectivity index (χ4n) is 7.06. The first-order chi connectivity index (χ1) is 22.9. The van der Waals surface area contributed by atoms with Crippen LogP contribution in [0.4, 0.5) is 0 Å². The molecule has 0 saturated heterocycles. The Bertz CT molecular complexity index is 1580. The summed E-state index contributed by atoms with van der Waals surface area (Å²) in [6.07, 6.45) is 14.7. The molecule has 5 N–H and O–H groups in total. The minimum absolute atomic E-state index is 0.00262. The van der Waals surface area contributed by atoms with Gasteiger partial charge >= 0.3 is 0 Å². The summed E-state index contributed by atoms with van der Waals surface area (Å²) in [6.45, 7) is 2.91. The van der Waals surface area contributed by atoms with Gasteiger partial charge in [-0.3, -0.25) is 9.69 Å². The van der Waals surface area contributed by atoms with Gasteiger partial charge in [-0.25, -0.2) is 4.98 Å². The molecule has 4 aromatic rings. The maximum absolute atomic E-state index is 12.0. The third-order valence-electron chi connectivity index (χ3n) is 9.71. The fraction of sp³-hybridized carbons (Fsp3) is 0.526. The Kier molecular flexibility index (Phi) is 12.6. The standard InChI is InChI=1S/C38H52N4O5/c1-42(27-30-25-40-37(47-30)38(46,28-15-9-7-10-16-28)29-17-11-8-12-18-29)24-14-6-4-2-3-5-13-23-39-26-34(44)31-19-21-33(43)36-32(31)20-22-35(45)41-36/h7,9-10,15-16,19-22,25,29,34,39,43-44,46H,2-6,8,11-14,17-18,23-24,26-27H2,1H3,(H,41,45)/t34-,38?/m0/s1. The van der Waals surface area contributed by atoms with E-state index in [2.05, 4.69) is 27.2 Å². The van der Waals surface area contributed by atoms with E-state index in [-0.39, 0.29) is 17.2 Å². The number of aromatic amines is 1. The quantitative estimate of drug-likeness (QED) is 0.0773. The molecule has 9 heteroatoms. The molecule has 0 spiro atoms. The predicted octanol–water partition coefficient (Wildman–Crippen LogP) is 6.52. The number of benzene rings is 2. The van der Waals surface area contributed by atoms with Crippen molar-refractivity contribution in [3.05, 3.63) is 93.9 Å².